The van der Waals surface area contributed by atoms with E-state index in [1.807, 2.05) is 62.1 Å². The minimum atomic E-state index is -1.11. The predicted molar refractivity (Wildman–Crippen MR) is 153 cm³/mol. The number of hydrogen-bond acceptors (Lipinski definition) is 5. The lowest BCUT2D eigenvalue weighted by molar-refractivity contribution is -0.139. The van der Waals surface area contributed by atoms with Crippen molar-refractivity contribution in [2.45, 2.75) is 95.7 Å². The molecular weight excluding hydrogens is 508 g/mol. The van der Waals surface area contributed by atoms with E-state index in [1.54, 1.807) is 0 Å². The topological polar surface area (TPSA) is 105 Å². The maximum Gasteiger partial charge on any atom is 0.410 e. The fourth-order valence-corrected chi connectivity index (χ4v) is 5.81. The number of aliphatic carboxylic acids is 1. The van der Waals surface area contributed by atoms with E-state index in [2.05, 4.69) is 17.4 Å². The molecule has 1 atom stereocenters. The zero-order valence-corrected chi connectivity index (χ0v) is 23.9. The Morgan fingerprint density at radius 2 is 1.55 bits per heavy atom. The first-order valence-corrected chi connectivity index (χ1v) is 14.5. The molecule has 0 bridgehead atoms. The Hall–Kier alpha value is -3.55. The van der Waals surface area contributed by atoms with Crippen molar-refractivity contribution in [3.05, 3.63) is 59.7 Å². The van der Waals surface area contributed by atoms with Crippen LogP contribution in [0.5, 0.6) is 0 Å². The van der Waals surface area contributed by atoms with Crippen molar-refractivity contribution >= 4 is 18.2 Å². The normalized spacial score (nSPS) is 16.0. The summed E-state index contributed by atoms with van der Waals surface area (Å²) in [4.78, 5) is 39.3. The van der Waals surface area contributed by atoms with Crippen molar-refractivity contribution in [1.82, 2.24) is 10.2 Å². The lowest BCUT2D eigenvalue weighted by Crippen LogP contribution is -2.45. The first kappa shape index (κ1) is 29.4. The molecule has 216 valence electrons. The Labute approximate surface area is 237 Å². The van der Waals surface area contributed by atoms with Crippen LogP contribution in [0.25, 0.3) is 11.1 Å². The van der Waals surface area contributed by atoms with Gasteiger partial charge in [0.1, 0.15) is 18.2 Å². The zero-order chi connectivity index (χ0) is 28.7. The summed E-state index contributed by atoms with van der Waals surface area (Å²) in [6, 6.07) is 15.2. The summed E-state index contributed by atoms with van der Waals surface area (Å²) in [6.45, 7) is 6.19. The average molecular weight is 551 g/mol. The fraction of sp³-hybridized carbons (Fsp3) is 0.531. The Morgan fingerprint density at radius 1 is 0.950 bits per heavy atom. The van der Waals surface area contributed by atoms with E-state index in [0.717, 1.165) is 47.9 Å². The van der Waals surface area contributed by atoms with Crippen LogP contribution < -0.4 is 5.32 Å². The van der Waals surface area contributed by atoms with Gasteiger partial charge < -0.3 is 24.8 Å². The molecule has 2 aliphatic rings. The van der Waals surface area contributed by atoms with E-state index in [9.17, 15) is 19.5 Å². The number of rotatable bonds is 10. The molecule has 1 saturated carbocycles. The quantitative estimate of drug-likeness (QED) is 0.318. The Kier molecular flexibility index (Phi) is 9.71. The van der Waals surface area contributed by atoms with Crippen LogP contribution in [0.2, 0.25) is 0 Å². The van der Waals surface area contributed by atoms with Gasteiger partial charge in [0.2, 0.25) is 0 Å². The third-order valence-electron chi connectivity index (χ3n) is 7.72. The molecule has 1 unspecified atom stereocenters. The molecule has 40 heavy (non-hydrogen) atoms. The third-order valence-corrected chi connectivity index (χ3v) is 7.72. The van der Waals surface area contributed by atoms with Crippen LogP contribution >= 0.6 is 0 Å². The van der Waals surface area contributed by atoms with Gasteiger partial charge in [-0.25, -0.2) is 14.4 Å². The minimum absolute atomic E-state index is 0.0972. The fourth-order valence-electron chi connectivity index (χ4n) is 5.81. The molecule has 2 amide bonds. The number of alkyl carbamates (subject to hydrolysis) is 1. The van der Waals surface area contributed by atoms with E-state index in [4.69, 9.17) is 9.47 Å². The molecule has 0 aliphatic heterocycles. The molecule has 2 aliphatic carbocycles. The number of carbonyl (C=O) groups is 3. The molecular formula is C32H42N2O6. The van der Waals surface area contributed by atoms with Crippen LogP contribution in [0.1, 0.15) is 89.2 Å². The summed E-state index contributed by atoms with van der Waals surface area (Å²) in [5.41, 5.74) is 3.87. The van der Waals surface area contributed by atoms with Gasteiger partial charge in [-0.2, -0.15) is 0 Å². The number of nitrogens with one attached hydrogen (secondary N) is 1. The number of nitrogens with zero attached hydrogens (tertiary/aromatic N) is 1. The van der Waals surface area contributed by atoms with Gasteiger partial charge in [-0.3, -0.25) is 0 Å². The summed E-state index contributed by atoms with van der Waals surface area (Å²) < 4.78 is 11.2. The summed E-state index contributed by atoms with van der Waals surface area (Å²) in [6.07, 6.45) is 5.62. The number of carboxylic acid groups (broad SMARTS) is 1. The number of amides is 2. The largest absolute Gasteiger partial charge is 0.480 e. The van der Waals surface area contributed by atoms with E-state index in [1.165, 1.54) is 6.42 Å². The lowest BCUT2D eigenvalue weighted by atomic mass is 9.94. The summed E-state index contributed by atoms with van der Waals surface area (Å²) >= 11 is 0. The molecule has 0 saturated heterocycles. The molecule has 0 aromatic heterocycles. The molecule has 0 radical (unpaired) electrons. The molecule has 2 N–H and O–H groups in total. The van der Waals surface area contributed by atoms with Crippen molar-refractivity contribution in [3.63, 3.8) is 0 Å². The SMILES string of the molecule is CC(C)(C)OC(=O)N(CCCCC(NC(=O)OCC1c2ccccc2-c2ccccc21)C(=O)O)C1CCCCC1. The van der Waals surface area contributed by atoms with E-state index in [-0.39, 0.29) is 31.1 Å². The number of hydrogen-bond donors (Lipinski definition) is 2. The predicted octanol–water partition coefficient (Wildman–Crippen LogP) is 6.72. The minimum Gasteiger partial charge on any atom is -0.480 e. The monoisotopic (exact) mass is 550 g/mol. The van der Waals surface area contributed by atoms with Gasteiger partial charge in [-0.05, 0) is 75.1 Å². The molecule has 1 fully saturated rings. The number of carbonyl (C=O) groups excluding carboxylic acids is 2. The number of fused-ring (bicyclic) bond motifs is 3. The molecule has 8 nitrogen and oxygen atoms in total. The molecule has 0 heterocycles. The highest BCUT2D eigenvalue weighted by atomic mass is 16.6. The molecule has 8 heteroatoms. The van der Waals surface area contributed by atoms with E-state index >= 15 is 0 Å². The van der Waals surface area contributed by atoms with Crippen molar-refractivity contribution < 1.29 is 29.0 Å². The summed E-state index contributed by atoms with van der Waals surface area (Å²) in [5.74, 6) is -1.20. The van der Waals surface area contributed by atoms with Crippen LogP contribution in [-0.2, 0) is 14.3 Å². The Bertz CT molecular complexity index is 1140. The zero-order valence-electron chi connectivity index (χ0n) is 23.9. The van der Waals surface area contributed by atoms with Gasteiger partial charge in [0.05, 0.1) is 0 Å². The molecule has 2 aromatic rings. The second kappa shape index (κ2) is 13.2. The van der Waals surface area contributed by atoms with Crippen molar-refractivity contribution in [1.29, 1.82) is 0 Å². The number of unbranched alkanes of at least 4 members (excludes halogenated alkanes) is 1. The summed E-state index contributed by atoms with van der Waals surface area (Å²) in [5, 5.41) is 12.3. The van der Waals surface area contributed by atoms with Gasteiger partial charge >= 0.3 is 18.2 Å². The number of benzene rings is 2. The molecule has 2 aromatic carbocycles. The third kappa shape index (κ3) is 7.55. The van der Waals surface area contributed by atoms with Gasteiger partial charge in [0.15, 0.2) is 0 Å². The summed E-state index contributed by atoms with van der Waals surface area (Å²) in [7, 11) is 0. The van der Waals surface area contributed by atoms with Crippen LogP contribution in [0, 0.1) is 0 Å². The smallest absolute Gasteiger partial charge is 0.410 e. The van der Waals surface area contributed by atoms with Crippen LogP contribution in [0.15, 0.2) is 48.5 Å². The maximum absolute atomic E-state index is 12.9. The highest BCUT2D eigenvalue weighted by Crippen LogP contribution is 2.44. The first-order chi connectivity index (χ1) is 19.1. The highest BCUT2D eigenvalue weighted by Gasteiger charge is 2.31. The lowest BCUT2D eigenvalue weighted by Gasteiger charge is -2.35. The molecule has 0 spiro atoms. The highest BCUT2D eigenvalue weighted by molar-refractivity contribution is 5.81. The van der Waals surface area contributed by atoms with Crippen molar-refractivity contribution in [2.24, 2.45) is 0 Å². The van der Waals surface area contributed by atoms with Gasteiger partial charge in [-0.15, -0.1) is 0 Å². The van der Waals surface area contributed by atoms with Crippen LogP contribution in [0.4, 0.5) is 9.59 Å². The number of carboxylic acids is 1. The van der Waals surface area contributed by atoms with Gasteiger partial charge in [-0.1, -0.05) is 67.8 Å². The second-order valence-electron chi connectivity index (χ2n) is 11.8. The van der Waals surface area contributed by atoms with Crippen molar-refractivity contribution in [2.75, 3.05) is 13.2 Å². The second-order valence-corrected chi connectivity index (χ2v) is 11.8. The van der Waals surface area contributed by atoms with Crippen LogP contribution in [-0.4, -0.2) is 59.0 Å². The van der Waals surface area contributed by atoms with E-state index < -0.39 is 23.7 Å². The van der Waals surface area contributed by atoms with Gasteiger partial charge in [0, 0.05) is 18.5 Å². The maximum atomic E-state index is 12.9. The first-order valence-electron chi connectivity index (χ1n) is 14.5. The van der Waals surface area contributed by atoms with Crippen LogP contribution in [0.3, 0.4) is 0 Å². The van der Waals surface area contributed by atoms with Gasteiger partial charge in [0.25, 0.3) is 0 Å². The molecule has 4 rings (SSSR count). The standard InChI is InChI=1S/C32H42N2O6/c1-32(2,3)40-31(38)34(22-13-5-4-6-14-22)20-12-11-19-28(29(35)36)33-30(37)39-21-27-25-17-9-7-15-23(25)24-16-8-10-18-26(24)27/h7-10,15-18,22,27-28H,4-6,11-14,19-21H2,1-3H3,(H,33,37)(H,35,36). The average Bonchev–Trinajstić information content (AvgIpc) is 3.24. The van der Waals surface area contributed by atoms with Crippen molar-refractivity contribution in [3.8, 4) is 11.1 Å². The Morgan fingerprint density at radius 3 is 2.12 bits per heavy atom. The number of ether oxygens (including phenoxy) is 2. The Balaban J connectivity index is 1.28. The van der Waals surface area contributed by atoms with E-state index in [0.29, 0.717) is 19.4 Å².